The van der Waals surface area contributed by atoms with E-state index in [1.165, 1.54) is 5.57 Å². The minimum atomic E-state index is -1.67. The van der Waals surface area contributed by atoms with Crippen molar-refractivity contribution < 1.29 is 64.3 Å². The Morgan fingerprint density at radius 3 is 2.13 bits per heavy atom. The first-order chi connectivity index (χ1) is 25.6. The molecule has 0 bridgehead atoms. The van der Waals surface area contributed by atoms with Gasteiger partial charge in [-0.1, -0.05) is 53.2 Å². The van der Waals surface area contributed by atoms with E-state index in [4.69, 9.17) is 18.9 Å². The number of hydrogen-bond acceptors (Lipinski definition) is 13. The molecule has 0 aromatic carbocycles. The summed E-state index contributed by atoms with van der Waals surface area (Å²) in [6.45, 7) is 14.6. The van der Waals surface area contributed by atoms with Gasteiger partial charge in [-0.25, -0.2) is 0 Å². The van der Waals surface area contributed by atoms with Crippen molar-refractivity contribution in [1.29, 1.82) is 0 Å². The summed E-state index contributed by atoms with van der Waals surface area (Å²) >= 11 is 0. The second-order valence-corrected chi connectivity index (χ2v) is 20.3. The molecule has 2 saturated heterocycles. The zero-order chi connectivity index (χ0) is 40.3. The summed E-state index contributed by atoms with van der Waals surface area (Å²) in [5.74, 6) is -0.400. The lowest BCUT2D eigenvalue weighted by molar-refractivity contribution is -0.321. The van der Waals surface area contributed by atoms with Gasteiger partial charge >= 0.3 is 5.97 Å². The Kier molecular flexibility index (Phi) is 10.6. The summed E-state index contributed by atoms with van der Waals surface area (Å²) in [4.78, 5) is 27.8. The molecule has 5 aliphatic carbocycles. The smallest absolute Gasteiger partial charge is 0.315 e. The molecule has 6 fully saturated rings. The molecule has 0 spiro atoms. The van der Waals surface area contributed by atoms with Crippen molar-refractivity contribution in [3.05, 3.63) is 11.6 Å². The predicted molar refractivity (Wildman–Crippen MR) is 197 cm³/mol. The zero-order valence-electron chi connectivity index (χ0n) is 33.6. The molecule has 4 saturated carbocycles. The first-order valence-corrected chi connectivity index (χ1v) is 20.7. The maximum absolute atomic E-state index is 14.6. The van der Waals surface area contributed by atoms with Crippen LogP contribution in [0.3, 0.4) is 0 Å². The van der Waals surface area contributed by atoms with E-state index in [2.05, 4.69) is 40.7 Å². The molecule has 1 unspecified atom stereocenters. The van der Waals surface area contributed by atoms with Crippen LogP contribution in [-0.4, -0.2) is 122 Å². The molecule has 0 aromatic heterocycles. The van der Waals surface area contributed by atoms with Crippen molar-refractivity contribution >= 4 is 12.3 Å². The van der Waals surface area contributed by atoms with E-state index in [-0.39, 0.29) is 39.4 Å². The van der Waals surface area contributed by atoms with E-state index in [9.17, 15) is 45.3 Å². The minimum Gasteiger partial charge on any atom is -0.432 e. The Morgan fingerprint density at radius 2 is 1.45 bits per heavy atom. The van der Waals surface area contributed by atoms with Gasteiger partial charge in [-0.3, -0.25) is 4.79 Å². The second kappa shape index (κ2) is 14.1. The highest BCUT2D eigenvalue weighted by molar-refractivity contribution is 5.79. The third-order valence-corrected chi connectivity index (χ3v) is 17.1. The number of carbonyl (C=O) groups excluding carboxylic acids is 2. The normalized spacial score (nSPS) is 54.8. The maximum atomic E-state index is 14.6. The van der Waals surface area contributed by atoms with Gasteiger partial charge in [0.1, 0.15) is 49.0 Å². The Bertz CT molecular complexity index is 1520. The molecular formula is C42H66O13. The molecule has 13 heteroatoms. The Morgan fingerprint density at radius 1 is 0.800 bits per heavy atom. The largest absolute Gasteiger partial charge is 0.432 e. The zero-order valence-corrected chi connectivity index (χ0v) is 33.6. The Labute approximate surface area is 324 Å². The standard InChI is InChI=1S/C42H66O13/c1-21-28(45)30(47)32(49)34(52-21)54-27-11-12-38(4)25(39(27,5)20-44)10-13-41(7)26(38)9-8-22-23-18-37(2,3)14-16-42(23,17-15-40(22,41)6)36(51)55-35-33(50)31(48)29(46)24(19-43)53-35/h8,20-21,23-35,43,45-50H,9-19H2,1-7H3/t21-,23-,24+,25+,26+,27?,28-,29+,30+,31-,32+,33+,34-,35-,38-,39-,40+,41+,42-/m0/s1. The van der Waals surface area contributed by atoms with Crippen LogP contribution in [0.15, 0.2) is 11.6 Å². The van der Waals surface area contributed by atoms with Gasteiger partial charge in [-0.05, 0) is 111 Å². The number of aliphatic hydroxyl groups excluding tert-OH is 7. The molecule has 0 radical (unpaired) electrons. The van der Waals surface area contributed by atoms with E-state index < -0.39 is 90.9 Å². The van der Waals surface area contributed by atoms with Crippen LogP contribution in [0, 0.1) is 50.2 Å². The fourth-order valence-corrected chi connectivity index (χ4v) is 13.4. The number of hydrogen-bond donors (Lipinski definition) is 7. The summed E-state index contributed by atoms with van der Waals surface area (Å²) in [5, 5.41) is 72.8. The third kappa shape index (κ3) is 6.07. The monoisotopic (exact) mass is 778 g/mol. The molecule has 312 valence electrons. The van der Waals surface area contributed by atoms with Crippen LogP contribution in [0.1, 0.15) is 113 Å². The van der Waals surface area contributed by atoms with Crippen molar-refractivity contribution in [2.45, 2.75) is 180 Å². The third-order valence-electron chi connectivity index (χ3n) is 17.1. The molecule has 7 aliphatic rings. The fraction of sp³-hybridized carbons (Fsp3) is 0.905. The highest BCUT2D eigenvalue weighted by Crippen LogP contribution is 2.76. The highest BCUT2D eigenvalue weighted by Gasteiger charge is 2.70. The molecule has 2 heterocycles. The van der Waals surface area contributed by atoms with Gasteiger partial charge in [-0.15, -0.1) is 0 Å². The van der Waals surface area contributed by atoms with E-state index in [1.54, 1.807) is 6.92 Å². The number of allylic oxidation sites excluding steroid dienone is 2. The summed E-state index contributed by atoms with van der Waals surface area (Å²) in [5.41, 5.74) is -1.17. The number of aldehydes is 1. The fourth-order valence-electron chi connectivity index (χ4n) is 13.4. The number of fused-ring (bicyclic) bond motifs is 7. The van der Waals surface area contributed by atoms with Crippen molar-refractivity contribution in [2.24, 2.45) is 50.2 Å². The van der Waals surface area contributed by atoms with Crippen LogP contribution in [-0.2, 0) is 28.5 Å². The molecule has 7 N–H and O–H groups in total. The average molecular weight is 779 g/mol. The van der Waals surface area contributed by atoms with Gasteiger partial charge in [0, 0.05) is 0 Å². The van der Waals surface area contributed by atoms with Crippen LogP contribution >= 0.6 is 0 Å². The Balaban J connectivity index is 1.18. The first-order valence-electron chi connectivity index (χ1n) is 20.7. The van der Waals surface area contributed by atoms with E-state index in [1.807, 2.05) is 6.92 Å². The summed E-state index contributed by atoms with van der Waals surface area (Å²) < 4.78 is 23.8. The van der Waals surface area contributed by atoms with Gasteiger partial charge in [-0.2, -0.15) is 0 Å². The van der Waals surface area contributed by atoms with Crippen LogP contribution < -0.4 is 0 Å². The minimum absolute atomic E-state index is 0.0219. The summed E-state index contributed by atoms with van der Waals surface area (Å²) in [6.07, 6.45) is -3.48. The quantitative estimate of drug-likeness (QED) is 0.0896. The number of aliphatic hydroxyl groups is 7. The highest BCUT2D eigenvalue weighted by atomic mass is 16.7. The van der Waals surface area contributed by atoms with Gasteiger partial charge in [0.25, 0.3) is 0 Å². The van der Waals surface area contributed by atoms with E-state index >= 15 is 0 Å². The number of ether oxygens (including phenoxy) is 4. The predicted octanol–water partition coefficient (Wildman–Crippen LogP) is 2.52. The van der Waals surface area contributed by atoms with Crippen molar-refractivity contribution in [2.75, 3.05) is 6.61 Å². The lowest BCUT2D eigenvalue weighted by Crippen LogP contribution is -2.66. The Hall–Kier alpha value is -1.52. The lowest BCUT2D eigenvalue weighted by atomic mass is 9.33. The summed E-state index contributed by atoms with van der Waals surface area (Å²) in [7, 11) is 0. The van der Waals surface area contributed by atoms with Crippen molar-refractivity contribution in [1.82, 2.24) is 0 Å². The van der Waals surface area contributed by atoms with Gasteiger partial charge in [0.15, 0.2) is 6.29 Å². The molecule has 55 heavy (non-hydrogen) atoms. The molecule has 13 nitrogen and oxygen atoms in total. The van der Waals surface area contributed by atoms with Crippen LogP contribution in [0.4, 0.5) is 0 Å². The summed E-state index contributed by atoms with van der Waals surface area (Å²) in [6, 6.07) is 0. The molecular weight excluding hydrogens is 712 g/mol. The number of esters is 1. The molecule has 0 amide bonds. The van der Waals surface area contributed by atoms with Gasteiger partial charge < -0.3 is 59.5 Å². The topological polar surface area (TPSA) is 213 Å². The van der Waals surface area contributed by atoms with Gasteiger partial charge in [0.2, 0.25) is 6.29 Å². The van der Waals surface area contributed by atoms with Crippen LogP contribution in [0.5, 0.6) is 0 Å². The van der Waals surface area contributed by atoms with Crippen molar-refractivity contribution in [3.8, 4) is 0 Å². The molecule has 19 atom stereocenters. The second-order valence-electron chi connectivity index (χ2n) is 20.3. The lowest BCUT2D eigenvalue weighted by Gasteiger charge is -2.71. The van der Waals surface area contributed by atoms with Crippen LogP contribution in [0.25, 0.3) is 0 Å². The van der Waals surface area contributed by atoms with Crippen molar-refractivity contribution in [3.63, 3.8) is 0 Å². The number of rotatable bonds is 6. The maximum Gasteiger partial charge on any atom is 0.315 e. The van der Waals surface area contributed by atoms with E-state index in [0.717, 1.165) is 51.2 Å². The molecule has 7 rings (SSSR count). The molecule has 2 aliphatic heterocycles. The van der Waals surface area contributed by atoms with E-state index in [0.29, 0.717) is 19.3 Å². The number of carbonyl (C=O) groups is 2. The average Bonchev–Trinajstić information content (AvgIpc) is 3.14. The van der Waals surface area contributed by atoms with Crippen LogP contribution in [0.2, 0.25) is 0 Å². The first kappa shape index (κ1) is 41.6. The SMILES string of the molecule is C[C@@H]1O[C@@H](OC2CC[C@@]3(C)[C@@H](CC[C@]4(C)[C@@H]3CC=C3[C@@H]5CC(C)(C)CC[C@]5(C(=O)O[C@@H]5O[C@H](CO)[C@@H](O)[C@H](O)[C@H]5O)CC[C@]34C)[C@]2(C)C=O)[C@H](O)[C@H](O)[C@H]1O. The van der Waals surface area contributed by atoms with Gasteiger partial charge in [0.05, 0.1) is 29.6 Å². The molecule has 0 aromatic rings.